The lowest BCUT2D eigenvalue weighted by Crippen LogP contribution is -2.48. The summed E-state index contributed by atoms with van der Waals surface area (Å²) in [6.45, 7) is 20.3. The smallest absolute Gasteiger partial charge is 0.339 e. The molecule has 1 aromatic heterocycles. The molecule has 1 heterocycles. The van der Waals surface area contributed by atoms with E-state index in [4.69, 9.17) is 23.2 Å². The van der Waals surface area contributed by atoms with Crippen LogP contribution >= 0.6 is 11.8 Å². The fourth-order valence-electron chi connectivity index (χ4n) is 6.90. The molecule has 312 valence electrons. The molecule has 5 aromatic rings. The van der Waals surface area contributed by atoms with E-state index < -0.39 is 25.9 Å². The molecule has 0 unspecified atom stereocenters. The first-order chi connectivity index (χ1) is 28.2. The minimum Gasteiger partial charge on any atom is -0.543 e. The number of nitrogens with zero attached hydrogens (tertiary/aromatic N) is 2. The molecule has 1 N–H and O–H groups in total. The van der Waals surface area contributed by atoms with Gasteiger partial charge in [-0.1, -0.05) is 137 Å². The van der Waals surface area contributed by atoms with Crippen LogP contribution in [0, 0.1) is 19.8 Å². The van der Waals surface area contributed by atoms with Crippen molar-refractivity contribution in [2.75, 3.05) is 26.1 Å². The van der Waals surface area contributed by atoms with Gasteiger partial charge in [-0.15, -0.1) is 0 Å². The average Bonchev–Trinajstić information content (AvgIpc) is 3.67. The van der Waals surface area contributed by atoms with Crippen LogP contribution in [0.15, 0.2) is 114 Å². The highest BCUT2D eigenvalue weighted by molar-refractivity contribution is 7.98. The first-order valence-electron chi connectivity index (χ1n) is 19.8. The number of benzene rings is 4. The number of hydrogen-bond acceptors (Lipinski definition) is 10. The summed E-state index contributed by atoms with van der Waals surface area (Å²) >= 11 is 1.49. The quantitative estimate of drug-likeness (QED) is 0.0351. The summed E-state index contributed by atoms with van der Waals surface area (Å²) in [4.78, 5) is 32.4. The molecule has 0 aliphatic heterocycles. The maximum Gasteiger partial charge on any atom is 0.339 e. The van der Waals surface area contributed by atoms with Crippen LogP contribution in [0.5, 0.6) is 11.5 Å². The van der Waals surface area contributed by atoms with Gasteiger partial charge in [-0.05, 0) is 54.6 Å². The molecule has 0 bridgehead atoms. The lowest BCUT2D eigenvalue weighted by atomic mass is 9.80. The summed E-state index contributed by atoms with van der Waals surface area (Å²) in [7, 11) is -0.895. The van der Waals surface area contributed by atoms with Crippen LogP contribution in [-0.4, -0.2) is 56.4 Å². The van der Waals surface area contributed by atoms with Gasteiger partial charge in [0.25, 0.3) is 8.32 Å². The largest absolute Gasteiger partial charge is 0.543 e. The van der Waals surface area contributed by atoms with E-state index in [1.165, 1.54) is 17.8 Å². The topological polar surface area (TPSA) is 122 Å². The van der Waals surface area contributed by atoms with Crippen molar-refractivity contribution in [1.82, 2.24) is 15.5 Å². The molecular weight excluding hydrogens is 779 g/mol. The van der Waals surface area contributed by atoms with Crippen LogP contribution in [0.1, 0.15) is 83.6 Å². The number of aryl methyl sites for hydroxylation is 1. The monoisotopic (exact) mass is 835 g/mol. The third-order valence-electron chi connectivity index (χ3n) is 11.4. The fourth-order valence-corrected chi connectivity index (χ4v) is 10.4. The maximum absolute atomic E-state index is 14.1. The van der Waals surface area contributed by atoms with E-state index in [9.17, 15) is 9.59 Å². The fraction of sp³-hybridized carbons (Fsp3) is 0.362. The number of methoxy groups -OCH3 is 1. The van der Waals surface area contributed by atoms with Crippen molar-refractivity contribution in [3.05, 3.63) is 155 Å². The first-order valence-corrected chi connectivity index (χ1v) is 23.9. The van der Waals surface area contributed by atoms with E-state index >= 15 is 0 Å². The normalized spacial score (nSPS) is 12.5. The van der Waals surface area contributed by atoms with Crippen molar-refractivity contribution in [2.45, 2.75) is 77.1 Å². The second-order valence-electron chi connectivity index (χ2n) is 15.8. The Labute approximate surface area is 354 Å². The highest BCUT2D eigenvalue weighted by Crippen LogP contribution is 2.47. The number of aromatic nitrogens is 2. The van der Waals surface area contributed by atoms with Crippen LogP contribution in [-0.2, 0) is 25.6 Å². The molecule has 0 aliphatic carbocycles. The third-order valence-corrected chi connectivity index (χ3v) is 16.9. The number of thioether (sulfide) groups is 1. The first kappa shape index (κ1) is 44.9. The summed E-state index contributed by atoms with van der Waals surface area (Å²) in [6.07, 6.45) is 1.54. The van der Waals surface area contributed by atoms with Gasteiger partial charge in [-0.2, -0.15) is 16.7 Å². The van der Waals surface area contributed by atoms with Gasteiger partial charge < -0.3 is 28.5 Å². The number of carbonyl (C=O) groups excluding carboxylic acids is 2. The molecule has 10 nitrogen and oxygen atoms in total. The van der Waals surface area contributed by atoms with Gasteiger partial charge in [0, 0.05) is 28.7 Å². The van der Waals surface area contributed by atoms with E-state index in [-0.39, 0.29) is 30.0 Å². The highest BCUT2D eigenvalue weighted by Gasteiger charge is 2.46. The van der Waals surface area contributed by atoms with Crippen molar-refractivity contribution in [2.24, 2.45) is 5.92 Å². The summed E-state index contributed by atoms with van der Waals surface area (Å²) in [5.74, 6) is 1.90. The Morgan fingerprint density at radius 3 is 1.95 bits per heavy atom. The molecule has 1 amide bonds. The van der Waals surface area contributed by atoms with Crippen LogP contribution in [0.2, 0.25) is 18.1 Å². The van der Waals surface area contributed by atoms with E-state index in [2.05, 4.69) is 62.8 Å². The molecule has 0 radical (unpaired) electrons. The minimum atomic E-state index is -2.47. The minimum absolute atomic E-state index is 0.0473. The van der Waals surface area contributed by atoms with Crippen molar-refractivity contribution >= 4 is 32.0 Å². The molecule has 1 atom stereocenters. The van der Waals surface area contributed by atoms with Crippen molar-refractivity contribution in [3.63, 3.8) is 0 Å². The zero-order valence-corrected chi connectivity index (χ0v) is 37.5. The van der Waals surface area contributed by atoms with Gasteiger partial charge in [0.1, 0.15) is 36.4 Å². The Hall–Kier alpha value is -5.17. The van der Waals surface area contributed by atoms with Crippen LogP contribution in [0.3, 0.4) is 0 Å². The predicted molar refractivity (Wildman–Crippen MR) is 236 cm³/mol. The van der Waals surface area contributed by atoms with E-state index in [1.807, 2.05) is 104 Å². The average molecular weight is 836 g/mol. The van der Waals surface area contributed by atoms with E-state index in [0.29, 0.717) is 51.4 Å². The van der Waals surface area contributed by atoms with Crippen molar-refractivity contribution in [3.8, 4) is 11.5 Å². The SMILES string of the molecule is C=CCOC(=O)c1c(C)c(OC)cc(O[Si](C)(C)C(C)(C)C(C)C)c1CSC[C@H](NC(=O)COC(c1ccccc1)(c1ccccc1)c1ccccc1)c1nc(C)no1. The molecule has 12 heteroatoms. The Balaban J connectivity index is 1.46. The molecule has 59 heavy (non-hydrogen) atoms. The molecule has 5 rings (SSSR count). The van der Waals surface area contributed by atoms with Crippen LogP contribution in [0.4, 0.5) is 0 Å². The molecule has 0 aliphatic rings. The second kappa shape index (κ2) is 19.7. The number of hydrogen-bond donors (Lipinski definition) is 1. The summed E-state index contributed by atoms with van der Waals surface area (Å²) < 4.78 is 30.9. The summed E-state index contributed by atoms with van der Waals surface area (Å²) in [6, 6.07) is 30.9. The van der Waals surface area contributed by atoms with E-state index in [1.54, 1.807) is 14.0 Å². The Morgan fingerprint density at radius 1 is 0.915 bits per heavy atom. The lowest BCUT2D eigenvalue weighted by Gasteiger charge is -2.43. The van der Waals surface area contributed by atoms with Crippen LogP contribution in [0.25, 0.3) is 0 Å². The van der Waals surface area contributed by atoms with Gasteiger partial charge in [0.05, 0.1) is 12.7 Å². The molecule has 0 spiro atoms. The molecule has 0 saturated carbocycles. The number of carbonyl (C=O) groups is 2. The third kappa shape index (κ3) is 10.2. The summed E-state index contributed by atoms with van der Waals surface area (Å²) in [5, 5.41) is 7.02. The Bertz CT molecular complexity index is 2080. The van der Waals surface area contributed by atoms with Crippen molar-refractivity contribution in [1.29, 1.82) is 0 Å². The van der Waals surface area contributed by atoms with Gasteiger partial charge >= 0.3 is 5.97 Å². The van der Waals surface area contributed by atoms with Gasteiger partial charge in [-0.3, -0.25) is 4.79 Å². The highest BCUT2D eigenvalue weighted by atomic mass is 32.2. The standard InChI is InChI=1S/C47H57N3O7SSi/c1-11-27-54-45(52)43-33(4)40(53-8)28-41(57-59(9,10)46(6,7)32(2)3)38(43)30-58-31-39(44-48-34(5)50-56-44)49-42(51)29-55-47(35-21-15-12-16-22-35,36-23-17-13-18-24-36)37-25-19-14-20-26-37/h11-26,28,32,39H,1,27,29-31H2,2-10H3,(H,49,51)/t39-/m0/s1. The Morgan fingerprint density at radius 2 is 1.47 bits per heavy atom. The molecule has 0 saturated heterocycles. The lowest BCUT2D eigenvalue weighted by molar-refractivity contribution is -0.130. The number of amides is 1. The van der Waals surface area contributed by atoms with Gasteiger partial charge in [-0.25, -0.2) is 4.79 Å². The van der Waals surface area contributed by atoms with Crippen molar-refractivity contribution < 1.29 is 32.7 Å². The zero-order chi connectivity index (χ0) is 42.8. The molecule has 0 fully saturated rings. The Kier molecular flexibility index (Phi) is 15.0. The van der Waals surface area contributed by atoms with Crippen LogP contribution < -0.4 is 14.5 Å². The molecular formula is C47H57N3O7SSi. The number of ether oxygens (including phenoxy) is 3. The number of esters is 1. The predicted octanol–water partition coefficient (Wildman–Crippen LogP) is 10.2. The maximum atomic E-state index is 14.1. The van der Waals surface area contributed by atoms with Gasteiger partial charge in [0.2, 0.25) is 11.8 Å². The number of nitrogens with one attached hydrogen (secondary N) is 1. The zero-order valence-electron chi connectivity index (χ0n) is 35.7. The van der Waals surface area contributed by atoms with E-state index in [0.717, 1.165) is 16.7 Å². The van der Waals surface area contributed by atoms with Gasteiger partial charge in [0.15, 0.2) is 5.82 Å². The number of rotatable bonds is 20. The molecule has 4 aromatic carbocycles. The summed E-state index contributed by atoms with van der Waals surface area (Å²) in [5.41, 5.74) is 3.24. The second-order valence-corrected chi connectivity index (χ2v) is 21.4.